The number of hydrogen-bond acceptors (Lipinski definition) is 5. The number of nitrogens with zero attached hydrogens (tertiary/aromatic N) is 2. The van der Waals surface area contributed by atoms with Gasteiger partial charge in [0.15, 0.2) is 27.3 Å². The number of benzene rings is 1. The second kappa shape index (κ2) is 11.1. The van der Waals surface area contributed by atoms with Gasteiger partial charge in [-0.3, -0.25) is 0 Å². The van der Waals surface area contributed by atoms with Crippen LogP contribution < -0.4 is 14.8 Å². The molecule has 1 aromatic carbocycles. The molecule has 0 bridgehead atoms. The van der Waals surface area contributed by atoms with Crippen molar-refractivity contribution in [2.24, 2.45) is 4.99 Å². The van der Waals surface area contributed by atoms with Crippen LogP contribution in [-0.4, -0.2) is 62.6 Å². The zero-order chi connectivity index (χ0) is 21.8. The van der Waals surface area contributed by atoms with Crippen LogP contribution in [0.3, 0.4) is 0 Å². The molecule has 0 radical (unpaired) electrons. The predicted molar refractivity (Wildman–Crippen MR) is 136 cm³/mol. The summed E-state index contributed by atoms with van der Waals surface area (Å²) in [6, 6.07) is 5.94. The second-order valence-electron chi connectivity index (χ2n) is 8.68. The number of methoxy groups -OCH3 is 1. The highest BCUT2D eigenvalue weighted by Crippen LogP contribution is 2.32. The Morgan fingerprint density at radius 1 is 1.26 bits per heavy atom. The number of sulfone groups is 1. The highest BCUT2D eigenvalue weighted by atomic mass is 127. The summed E-state index contributed by atoms with van der Waals surface area (Å²) in [5.74, 6) is 2.40. The van der Waals surface area contributed by atoms with E-state index < -0.39 is 14.6 Å². The first-order chi connectivity index (χ1) is 14.3. The standard InChI is InChI=1S/C22H35N3O4S.HI/c1-5-23-21(25-12-13-30(26,27)22(2,3)16-25)24-15-17-10-11-19(28-4)20(14-17)29-18-8-6-7-9-18;/h10-11,14,18H,5-9,12-13,15-16H2,1-4H3,(H,23,24);1H. The topological polar surface area (TPSA) is 80.2 Å². The van der Waals surface area contributed by atoms with E-state index in [0.717, 1.165) is 42.4 Å². The van der Waals surface area contributed by atoms with Crippen molar-refractivity contribution in [3.05, 3.63) is 23.8 Å². The van der Waals surface area contributed by atoms with Gasteiger partial charge in [0.25, 0.3) is 0 Å². The van der Waals surface area contributed by atoms with Gasteiger partial charge in [-0.15, -0.1) is 24.0 Å². The Hall–Kier alpha value is -1.23. The number of rotatable bonds is 6. The van der Waals surface area contributed by atoms with E-state index >= 15 is 0 Å². The number of aliphatic imine (C=N–C) groups is 1. The normalized spacial score (nSPS) is 20.8. The maximum Gasteiger partial charge on any atom is 0.194 e. The minimum atomic E-state index is -3.09. The van der Waals surface area contributed by atoms with Gasteiger partial charge in [0.1, 0.15) is 0 Å². The zero-order valence-corrected chi connectivity index (χ0v) is 22.2. The molecule has 1 heterocycles. The quantitative estimate of drug-likeness (QED) is 0.323. The molecule has 7 nitrogen and oxygen atoms in total. The summed E-state index contributed by atoms with van der Waals surface area (Å²) in [6.45, 7) is 7.68. The van der Waals surface area contributed by atoms with Crippen molar-refractivity contribution in [1.29, 1.82) is 0 Å². The van der Waals surface area contributed by atoms with Crippen LogP contribution in [0, 0.1) is 0 Å². The molecule has 0 spiro atoms. The predicted octanol–water partition coefficient (Wildman–Crippen LogP) is 3.61. The number of halogens is 1. The van der Waals surface area contributed by atoms with E-state index in [-0.39, 0.29) is 35.8 Å². The molecule has 9 heteroatoms. The molecule has 0 atom stereocenters. The molecule has 1 aromatic rings. The molecule has 0 amide bonds. The van der Waals surface area contributed by atoms with Gasteiger partial charge >= 0.3 is 0 Å². The third kappa shape index (κ3) is 6.40. The fourth-order valence-corrected chi connectivity index (χ4v) is 5.38. The van der Waals surface area contributed by atoms with Crippen molar-refractivity contribution in [3.8, 4) is 11.5 Å². The van der Waals surface area contributed by atoms with Gasteiger partial charge in [0.05, 0.1) is 30.3 Å². The van der Waals surface area contributed by atoms with E-state index in [0.29, 0.717) is 19.6 Å². The van der Waals surface area contributed by atoms with E-state index in [1.165, 1.54) is 12.8 Å². The van der Waals surface area contributed by atoms with E-state index in [1.54, 1.807) is 21.0 Å². The minimum Gasteiger partial charge on any atom is -0.493 e. The molecule has 1 aliphatic heterocycles. The number of hydrogen-bond donors (Lipinski definition) is 1. The van der Waals surface area contributed by atoms with E-state index in [2.05, 4.69) is 5.32 Å². The summed E-state index contributed by atoms with van der Waals surface area (Å²) >= 11 is 0. The fraction of sp³-hybridized carbons (Fsp3) is 0.682. The molecule has 0 unspecified atom stereocenters. The van der Waals surface area contributed by atoms with Gasteiger partial charge in [-0.25, -0.2) is 13.4 Å². The summed E-state index contributed by atoms with van der Waals surface area (Å²) in [4.78, 5) is 6.84. The molecule has 0 aromatic heterocycles. The maximum absolute atomic E-state index is 12.3. The van der Waals surface area contributed by atoms with Gasteiger partial charge in [0, 0.05) is 19.6 Å². The van der Waals surface area contributed by atoms with Crippen molar-refractivity contribution in [1.82, 2.24) is 10.2 Å². The lowest BCUT2D eigenvalue weighted by Gasteiger charge is -2.39. The SMILES string of the molecule is CCNC(=NCc1ccc(OC)c(OC2CCCC2)c1)N1CCS(=O)(=O)C(C)(C)C1.I. The van der Waals surface area contributed by atoms with Crippen LogP contribution in [0.1, 0.15) is 52.0 Å². The van der Waals surface area contributed by atoms with Gasteiger partial charge in [0.2, 0.25) is 0 Å². The van der Waals surface area contributed by atoms with Crippen LogP contribution in [0.5, 0.6) is 11.5 Å². The van der Waals surface area contributed by atoms with Crippen LogP contribution in [0.2, 0.25) is 0 Å². The summed E-state index contributed by atoms with van der Waals surface area (Å²) in [6.07, 6.45) is 4.86. The number of nitrogens with one attached hydrogen (secondary N) is 1. The average Bonchev–Trinajstić information content (AvgIpc) is 3.20. The van der Waals surface area contributed by atoms with Crippen LogP contribution in [0.25, 0.3) is 0 Å². The Morgan fingerprint density at radius 2 is 1.97 bits per heavy atom. The minimum absolute atomic E-state index is 0. The molecular weight excluding hydrogens is 529 g/mol. The fourth-order valence-electron chi connectivity index (χ4n) is 4.01. The monoisotopic (exact) mass is 565 g/mol. The van der Waals surface area contributed by atoms with Crippen molar-refractivity contribution in [2.45, 2.75) is 63.9 Å². The molecular formula is C22H36IN3O4S. The summed E-state index contributed by atoms with van der Waals surface area (Å²) < 4.78 is 35.6. The lowest BCUT2D eigenvalue weighted by molar-refractivity contribution is 0.200. The van der Waals surface area contributed by atoms with Gasteiger partial charge in [-0.1, -0.05) is 6.07 Å². The van der Waals surface area contributed by atoms with Crippen LogP contribution in [-0.2, 0) is 16.4 Å². The van der Waals surface area contributed by atoms with Crippen molar-refractivity contribution in [3.63, 3.8) is 0 Å². The Labute approximate surface area is 203 Å². The van der Waals surface area contributed by atoms with Crippen LogP contribution in [0.4, 0.5) is 0 Å². The lowest BCUT2D eigenvalue weighted by atomic mass is 10.2. The Balaban J connectivity index is 0.00000341. The first-order valence-corrected chi connectivity index (χ1v) is 12.5. The van der Waals surface area contributed by atoms with Crippen molar-refractivity contribution in [2.75, 3.05) is 32.5 Å². The maximum atomic E-state index is 12.3. The molecule has 2 aliphatic rings. The van der Waals surface area contributed by atoms with Crippen molar-refractivity contribution >= 4 is 39.8 Å². The molecule has 1 N–H and O–H groups in total. The first-order valence-electron chi connectivity index (χ1n) is 10.8. The van der Waals surface area contributed by atoms with Gasteiger partial charge in [-0.2, -0.15) is 0 Å². The average molecular weight is 566 g/mol. The molecule has 1 saturated carbocycles. The highest BCUT2D eigenvalue weighted by molar-refractivity contribution is 14.0. The second-order valence-corrected chi connectivity index (χ2v) is 11.4. The molecule has 2 fully saturated rings. The Kier molecular flexibility index (Phi) is 9.29. The lowest BCUT2D eigenvalue weighted by Crippen LogP contribution is -2.57. The number of ether oxygens (including phenoxy) is 2. The van der Waals surface area contributed by atoms with E-state index in [4.69, 9.17) is 14.5 Å². The molecule has 31 heavy (non-hydrogen) atoms. The van der Waals surface area contributed by atoms with E-state index in [9.17, 15) is 8.42 Å². The third-order valence-corrected chi connectivity index (χ3v) is 8.45. The van der Waals surface area contributed by atoms with Crippen molar-refractivity contribution < 1.29 is 17.9 Å². The summed E-state index contributed by atoms with van der Waals surface area (Å²) in [5, 5.41) is 3.31. The van der Waals surface area contributed by atoms with Crippen LogP contribution >= 0.6 is 24.0 Å². The molecule has 3 rings (SSSR count). The molecule has 1 saturated heterocycles. The summed E-state index contributed by atoms with van der Waals surface area (Å²) in [5.41, 5.74) is 1.03. The van der Waals surface area contributed by atoms with Gasteiger partial charge in [-0.05, 0) is 64.2 Å². The Bertz CT molecular complexity index is 868. The highest BCUT2D eigenvalue weighted by Gasteiger charge is 2.40. The number of guanidine groups is 1. The van der Waals surface area contributed by atoms with Gasteiger partial charge < -0.3 is 19.7 Å². The third-order valence-electron chi connectivity index (χ3n) is 5.91. The molecule has 1 aliphatic carbocycles. The van der Waals surface area contributed by atoms with E-state index in [1.807, 2.05) is 30.0 Å². The molecule has 176 valence electrons. The van der Waals surface area contributed by atoms with Crippen LogP contribution in [0.15, 0.2) is 23.2 Å². The zero-order valence-electron chi connectivity index (χ0n) is 19.0. The first kappa shape index (κ1) is 26.0. The smallest absolute Gasteiger partial charge is 0.194 e. The summed E-state index contributed by atoms with van der Waals surface area (Å²) in [7, 11) is -1.43. The Morgan fingerprint density at radius 3 is 2.58 bits per heavy atom. The largest absolute Gasteiger partial charge is 0.493 e.